The first-order valence-electron chi connectivity index (χ1n) is 7.04. The molecule has 0 aromatic rings. The van der Waals surface area contributed by atoms with Crippen LogP contribution in [0.15, 0.2) is 0 Å². The van der Waals surface area contributed by atoms with Crippen LogP contribution in [-0.4, -0.2) is 74.9 Å². The zero-order valence-corrected chi connectivity index (χ0v) is 11.3. The van der Waals surface area contributed by atoms with Gasteiger partial charge >= 0.3 is 0 Å². The van der Waals surface area contributed by atoms with Crippen LogP contribution in [0.3, 0.4) is 0 Å². The van der Waals surface area contributed by atoms with Crippen molar-refractivity contribution in [2.45, 2.75) is 31.9 Å². The molecule has 2 aliphatic rings. The summed E-state index contributed by atoms with van der Waals surface area (Å²) in [5.74, 6) is 0. The average Bonchev–Trinajstić information content (AvgIpc) is 2.38. The SMILES string of the molecule is CCN1CCOC(CNC2CCN(C)CC2)C1. The molecule has 100 valence electrons. The van der Waals surface area contributed by atoms with Gasteiger partial charge in [-0.05, 0) is 39.5 Å². The predicted octanol–water partition coefficient (Wildman–Crippen LogP) is 0.391. The second kappa shape index (κ2) is 6.69. The fraction of sp³-hybridized carbons (Fsp3) is 1.00. The summed E-state index contributed by atoms with van der Waals surface area (Å²) < 4.78 is 5.81. The fourth-order valence-corrected chi connectivity index (χ4v) is 2.70. The van der Waals surface area contributed by atoms with Crippen molar-refractivity contribution in [2.24, 2.45) is 0 Å². The van der Waals surface area contributed by atoms with Gasteiger partial charge in [0.15, 0.2) is 0 Å². The third kappa shape index (κ3) is 4.21. The van der Waals surface area contributed by atoms with Crippen LogP contribution in [0.4, 0.5) is 0 Å². The van der Waals surface area contributed by atoms with Crippen molar-refractivity contribution in [1.82, 2.24) is 15.1 Å². The highest BCUT2D eigenvalue weighted by Crippen LogP contribution is 2.09. The molecule has 2 fully saturated rings. The summed E-state index contributed by atoms with van der Waals surface area (Å²) in [6.07, 6.45) is 2.95. The van der Waals surface area contributed by atoms with E-state index in [1.54, 1.807) is 0 Å². The fourth-order valence-electron chi connectivity index (χ4n) is 2.70. The topological polar surface area (TPSA) is 27.7 Å². The van der Waals surface area contributed by atoms with E-state index in [1.807, 2.05) is 0 Å². The van der Waals surface area contributed by atoms with E-state index in [9.17, 15) is 0 Å². The summed E-state index contributed by atoms with van der Waals surface area (Å²) in [7, 11) is 2.21. The van der Waals surface area contributed by atoms with E-state index >= 15 is 0 Å². The summed E-state index contributed by atoms with van der Waals surface area (Å²) >= 11 is 0. The molecule has 0 saturated carbocycles. The van der Waals surface area contributed by atoms with Crippen molar-refractivity contribution >= 4 is 0 Å². The second-order valence-corrected chi connectivity index (χ2v) is 5.37. The van der Waals surface area contributed by atoms with Gasteiger partial charge in [0.05, 0.1) is 12.7 Å². The van der Waals surface area contributed by atoms with Gasteiger partial charge in [-0.25, -0.2) is 0 Å². The van der Waals surface area contributed by atoms with Gasteiger partial charge in [0.2, 0.25) is 0 Å². The van der Waals surface area contributed by atoms with E-state index in [-0.39, 0.29) is 0 Å². The van der Waals surface area contributed by atoms with Gasteiger partial charge in [0.25, 0.3) is 0 Å². The molecule has 1 unspecified atom stereocenters. The quantitative estimate of drug-likeness (QED) is 0.771. The van der Waals surface area contributed by atoms with Gasteiger partial charge in [-0.15, -0.1) is 0 Å². The molecular weight excluding hydrogens is 214 g/mol. The van der Waals surface area contributed by atoms with Gasteiger partial charge in [-0.3, -0.25) is 4.90 Å². The van der Waals surface area contributed by atoms with Crippen LogP contribution in [0.2, 0.25) is 0 Å². The van der Waals surface area contributed by atoms with Crippen molar-refractivity contribution in [1.29, 1.82) is 0 Å². The number of piperidine rings is 1. The van der Waals surface area contributed by atoms with Gasteiger partial charge in [-0.1, -0.05) is 6.92 Å². The Bertz CT molecular complexity index is 217. The molecule has 0 spiro atoms. The minimum atomic E-state index is 0.392. The van der Waals surface area contributed by atoms with E-state index in [4.69, 9.17) is 4.74 Å². The predicted molar refractivity (Wildman–Crippen MR) is 70.4 cm³/mol. The maximum absolute atomic E-state index is 5.81. The van der Waals surface area contributed by atoms with E-state index in [0.717, 1.165) is 32.8 Å². The lowest BCUT2D eigenvalue weighted by Crippen LogP contribution is -2.49. The van der Waals surface area contributed by atoms with Crippen LogP contribution in [0.5, 0.6) is 0 Å². The van der Waals surface area contributed by atoms with Crippen molar-refractivity contribution in [2.75, 3.05) is 52.9 Å². The Kier molecular flexibility index (Phi) is 5.22. The standard InChI is InChI=1S/C13H27N3O/c1-3-16-8-9-17-13(11-16)10-14-12-4-6-15(2)7-5-12/h12-14H,3-11H2,1-2H3. The summed E-state index contributed by atoms with van der Waals surface area (Å²) in [6.45, 7) is 9.94. The monoisotopic (exact) mass is 241 g/mol. The molecule has 0 bridgehead atoms. The highest BCUT2D eigenvalue weighted by Gasteiger charge is 2.21. The number of nitrogens with zero attached hydrogens (tertiary/aromatic N) is 2. The number of nitrogens with one attached hydrogen (secondary N) is 1. The van der Waals surface area contributed by atoms with Crippen molar-refractivity contribution in [3.05, 3.63) is 0 Å². The number of morpholine rings is 1. The number of likely N-dealkylation sites (N-methyl/N-ethyl adjacent to an activating group) is 1. The van der Waals surface area contributed by atoms with Crippen molar-refractivity contribution in [3.8, 4) is 0 Å². The van der Waals surface area contributed by atoms with E-state index < -0.39 is 0 Å². The summed E-state index contributed by atoms with van der Waals surface area (Å²) in [6, 6.07) is 0.701. The summed E-state index contributed by atoms with van der Waals surface area (Å²) in [5.41, 5.74) is 0. The van der Waals surface area contributed by atoms with Gasteiger partial charge in [0.1, 0.15) is 0 Å². The zero-order chi connectivity index (χ0) is 12.1. The maximum atomic E-state index is 5.81. The van der Waals surface area contributed by atoms with Crippen LogP contribution >= 0.6 is 0 Å². The van der Waals surface area contributed by atoms with E-state index in [2.05, 4.69) is 29.1 Å². The molecule has 2 saturated heterocycles. The lowest BCUT2D eigenvalue weighted by molar-refractivity contribution is -0.0270. The molecule has 2 aliphatic heterocycles. The minimum Gasteiger partial charge on any atom is -0.374 e. The van der Waals surface area contributed by atoms with Gasteiger partial charge in [-0.2, -0.15) is 0 Å². The van der Waals surface area contributed by atoms with Crippen molar-refractivity contribution < 1.29 is 4.74 Å². The Morgan fingerprint density at radius 1 is 1.24 bits per heavy atom. The number of likely N-dealkylation sites (tertiary alicyclic amines) is 1. The van der Waals surface area contributed by atoms with Crippen LogP contribution in [0, 0.1) is 0 Å². The molecule has 0 aromatic carbocycles. The lowest BCUT2D eigenvalue weighted by atomic mass is 10.1. The first-order valence-corrected chi connectivity index (χ1v) is 7.04. The van der Waals surface area contributed by atoms with Gasteiger partial charge < -0.3 is 15.0 Å². The Hall–Kier alpha value is -0.160. The molecular formula is C13H27N3O. The molecule has 4 heteroatoms. The van der Waals surface area contributed by atoms with Crippen LogP contribution in [0.25, 0.3) is 0 Å². The Morgan fingerprint density at radius 3 is 2.71 bits per heavy atom. The lowest BCUT2D eigenvalue weighted by Gasteiger charge is -2.34. The first kappa shape index (κ1) is 13.3. The minimum absolute atomic E-state index is 0.392. The Balaban J connectivity index is 1.64. The van der Waals surface area contributed by atoms with E-state index in [1.165, 1.54) is 25.9 Å². The van der Waals surface area contributed by atoms with Crippen LogP contribution < -0.4 is 5.32 Å². The molecule has 0 aliphatic carbocycles. The normalized spacial score (nSPS) is 29.6. The van der Waals surface area contributed by atoms with Crippen LogP contribution in [0.1, 0.15) is 19.8 Å². The largest absolute Gasteiger partial charge is 0.374 e. The molecule has 1 atom stereocenters. The average molecular weight is 241 g/mol. The molecule has 17 heavy (non-hydrogen) atoms. The smallest absolute Gasteiger partial charge is 0.0826 e. The highest BCUT2D eigenvalue weighted by molar-refractivity contribution is 4.79. The number of hydrogen-bond donors (Lipinski definition) is 1. The number of rotatable bonds is 4. The molecule has 0 amide bonds. The summed E-state index contributed by atoms with van der Waals surface area (Å²) in [5, 5.41) is 3.68. The maximum Gasteiger partial charge on any atom is 0.0826 e. The second-order valence-electron chi connectivity index (χ2n) is 5.37. The molecule has 0 aromatic heterocycles. The molecule has 0 radical (unpaired) electrons. The third-order valence-electron chi connectivity index (χ3n) is 4.02. The molecule has 2 rings (SSSR count). The number of hydrogen-bond acceptors (Lipinski definition) is 4. The Labute approximate surface area is 105 Å². The van der Waals surface area contributed by atoms with Crippen molar-refractivity contribution in [3.63, 3.8) is 0 Å². The first-order chi connectivity index (χ1) is 8.28. The third-order valence-corrected chi connectivity index (χ3v) is 4.02. The molecule has 4 nitrogen and oxygen atoms in total. The molecule has 2 heterocycles. The zero-order valence-electron chi connectivity index (χ0n) is 11.3. The Morgan fingerprint density at radius 2 is 2.00 bits per heavy atom. The summed E-state index contributed by atoms with van der Waals surface area (Å²) in [4.78, 5) is 4.89. The number of ether oxygens (including phenoxy) is 1. The van der Waals surface area contributed by atoms with E-state index in [0.29, 0.717) is 12.1 Å². The highest BCUT2D eigenvalue weighted by atomic mass is 16.5. The van der Waals surface area contributed by atoms with Crippen LogP contribution in [-0.2, 0) is 4.74 Å². The molecule has 1 N–H and O–H groups in total. The van der Waals surface area contributed by atoms with Gasteiger partial charge in [0, 0.05) is 25.7 Å².